The van der Waals surface area contributed by atoms with Gasteiger partial charge in [-0.05, 0) is 37.5 Å². The molecule has 0 bridgehead atoms. The van der Waals surface area contributed by atoms with Gasteiger partial charge in [-0.15, -0.1) is 0 Å². The van der Waals surface area contributed by atoms with Crippen LogP contribution in [-0.4, -0.2) is 25.7 Å². The van der Waals surface area contributed by atoms with Crippen LogP contribution in [0.3, 0.4) is 0 Å². The molecular formula is C14H21N3O. The third kappa shape index (κ3) is 3.01. The van der Waals surface area contributed by atoms with E-state index >= 15 is 0 Å². The fraction of sp³-hybridized carbons (Fsp3) is 0.500. The summed E-state index contributed by atoms with van der Waals surface area (Å²) >= 11 is 0. The zero-order valence-electron chi connectivity index (χ0n) is 11.3. The summed E-state index contributed by atoms with van der Waals surface area (Å²) in [6, 6.07) is 4.33. The molecule has 0 unspecified atom stereocenters. The predicted molar refractivity (Wildman–Crippen MR) is 75.2 cm³/mol. The highest BCUT2D eigenvalue weighted by Crippen LogP contribution is 2.22. The van der Waals surface area contributed by atoms with Gasteiger partial charge in [0.2, 0.25) is 0 Å². The Morgan fingerprint density at radius 3 is 2.61 bits per heavy atom. The van der Waals surface area contributed by atoms with E-state index in [2.05, 4.69) is 41.6 Å². The van der Waals surface area contributed by atoms with E-state index in [1.54, 1.807) is 0 Å². The number of rotatable bonds is 4. The van der Waals surface area contributed by atoms with Gasteiger partial charge in [-0.2, -0.15) is 0 Å². The highest BCUT2D eigenvalue weighted by atomic mass is 16.5. The summed E-state index contributed by atoms with van der Waals surface area (Å²) in [6.45, 7) is 9.43. The van der Waals surface area contributed by atoms with Crippen molar-refractivity contribution in [1.29, 1.82) is 0 Å². The van der Waals surface area contributed by atoms with Crippen molar-refractivity contribution in [2.24, 2.45) is 4.99 Å². The van der Waals surface area contributed by atoms with E-state index in [4.69, 9.17) is 4.74 Å². The van der Waals surface area contributed by atoms with Crippen LogP contribution >= 0.6 is 0 Å². The molecule has 0 saturated heterocycles. The Hall–Kier alpha value is -1.55. The van der Waals surface area contributed by atoms with E-state index in [0.717, 1.165) is 31.3 Å². The predicted octanol–water partition coefficient (Wildman–Crippen LogP) is 2.21. The van der Waals surface area contributed by atoms with E-state index in [9.17, 15) is 0 Å². The topological polar surface area (TPSA) is 45.6 Å². The average molecular weight is 247 g/mol. The minimum atomic E-state index is 0.678. The van der Waals surface area contributed by atoms with Crippen molar-refractivity contribution < 1.29 is 4.74 Å². The second kappa shape index (κ2) is 5.87. The van der Waals surface area contributed by atoms with Gasteiger partial charge in [0, 0.05) is 18.8 Å². The first-order chi connectivity index (χ1) is 8.70. The summed E-state index contributed by atoms with van der Waals surface area (Å²) in [5.41, 5.74) is 4.81. The Kier molecular flexibility index (Phi) is 4.20. The molecule has 4 heteroatoms. The SMILES string of the molecule is CCOCc1cc(C)c(NC2=NCCN2)c(C)c1. The van der Waals surface area contributed by atoms with Crippen molar-refractivity contribution in [3.63, 3.8) is 0 Å². The van der Waals surface area contributed by atoms with Gasteiger partial charge in [-0.25, -0.2) is 0 Å². The summed E-state index contributed by atoms with van der Waals surface area (Å²) < 4.78 is 5.45. The Morgan fingerprint density at radius 1 is 1.33 bits per heavy atom. The number of nitrogens with zero attached hydrogens (tertiary/aromatic N) is 1. The third-order valence-corrected chi connectivity index (χ3v) is 2.98. The largest absolute Gasteiger partial charge is 0.377 e. The summed E-state index contributed by atoms with van der Waals surface area (Å²) in [6.07, 6.45) is 0. The lowest BCUT2D eigenvalue weighted by Crippen LogP contribution is -2.27. The Labute approximate surface area is 108 Å². The highest BCUT2D eigenvalue weighted by molar-refractivity contribution is 5.95. The van der Waals surface area contributed by atoms with E-state index in [1.807, 2.05) is 6.92 Å². The van der Waals surface area contributed by atoms with Crippen LogP contribution in [0.1, 0.15) is 23.6 Å². The van der Waals surface area contributed by atoms with Crippen LogP contribution in [-0.2, 0) is 11.3 Å². The molecule has 0 spiro atoms. The van der Waals surface area contributed by atoms with Crippen LogP contribution in [0, 0.1) is 13.8 Å². The molecule has 0 saturated carbocycles. The normalized spacial score (nSPS) is 14.3. The zero-order chi connectivity index (χ0) is 13.0. The molecule has 98 valence electrons. The van der Waals surface area contributed by atoms with Crippen molar-refractivity contribution in [2.45, 2.75) is 27.4 Å². The number of benzene rings is 1. The smallest absolute Gasteiger partial charge is 0.195 e. The van der Waals surface area contributed by atoms with Crippen molar-refractivity contribution in [3.8, 4) is 0 Å². The Bertz CT molecular complexity index is 431. The van der Waals surface area contributed by atoms with Crippen LogP contribution in [0.2, 0.25) is 0 Å². The average Bonchev–Trinajstić information content (AvgIpc) is 2.84. The lowest BCUT2D eigenvalue weighted by atomic mass is 10.0. The van der Waals surface area contributed by atoms with Crippen molar-refractivity contribution in [3.05, 3.63) is 28.8 Å². The van der Waals surface area contributed by atoms with Gasteiger partial charge in [0.05, 0.1) is 13.2 Å². The van der Waals surface area contributed by atoms with Gasteiger partial charge in [-0.1, -0.05) is 12.1 Å². The number of anilines is 1. The molecule has 1 aromatic rings. The maximum Gasteiger partial charge on any atom is 0.195 e. The number of nitrogens with one attached hydrogen (secondary N) is 2. The van der Waals surface area contributed by atoms with Crippen LogP contribution in [0.4, 0.5) is 5.69 Å². The standard InChI is InChI=1S/C14H21N3O/c1-4-18-9-12-7-10(2)13(11(3)8-12)17-14-15-5-6-16-14/h7-8H,4-6,9H2,1-3H3,(H2,15,16,17). The second-order valence-electron chi connectivity index (χ2n) is 4.52. The second-order valence-corrected chi connectivity index (χ2v) is 4.52. The summed E-state index contributed by atoms with van der Waals surface area (Å²) in [7, 11) is 0. The molecule has 18 heavy (non-hydrogen) atoms. The first-order valence-electron chi connectivity index (χ1n) is 6.44. The van der Waals surface area contributed by atoms with Crippen LogP contribution in [0.25, 0.3) is 0 Å². The molecule has 0 aliphatic carbocycles. The first kappa shape index (κ1) is 12.9. The number of ether oxygens (including phenoxy) is 1. The highest BCUT2D eigenvalue weighted by Gasteiger charge is 2.10. The number of hydrogen-bond donors (Lipinski definition) is 2. The molecule has 4 nitrogen and oxygen atoms in total. The minimum Gasteiger partial charge on any atom is -0.377 e. The van der Waals surface area contributed by atoms with E-state index in [1.165, 1.54) is 16.7 Å². The molecule has 0 fully saturated rings. The molecule has 1 heterocycles. The Morgan fingerprint density at radius 2 is 2.06 bits per heavy atom. The maximum absolute atomic E-state index is 5.45. The van der Waals surface area contributed by atoms with Gasteiger partial charge in [0.1, 0.15) is 0 Å². The molecular weight excluding hydrogens is 226 g/mol. The molecule has 0 atom stereocenters. The van der Waals surface area contributed by atoms with E-state index in [-0.39, 0.29) is 0 Å². The van der Waals surface area contributed by atoms with Gasteiger partial charge in [0.25, 0.3) is 0 Å². The van der Waals surface area contributed by atoms with Crippen molar-refractivity contribution >= 4 is 11.6 Å². The molecule has 0 amide bonds. The lowest BCUT2D eigenvalue weighted by Gasteiger charge is -2.15. The number of aryl methyl sites for hydroxylation is 2. The molecule has 2 rings (SSSR count). The zero-order valence-corrected chi connectivity index (χ0v) is 11.3. The first-order valence-corrected chi connectivity index (χ1v) is 6.44. The van der Waals surface area contributed by atoms with E-state index in [0.29, 0.717) is 6.61 Å². The number of hydrogen-bond acceptors (Lipinski definition) is 4. The summed E-state index contributed by atoms with van der Waals surface area (Å²) in [5.74, 6) is 0.874. The monoisotopic (exact) mass is 247 g/mol. The van der Waals surface area contributed by atoms with Crippen LogP contribution < -0.4 is 10.6 Å². The van der Waals surface area contributed by atoms with Gasteiger partial charge in [0.15, 0.2) is 5.96 Å². The summed E-state index contributed by atoms with van der Waals surface area (Å²) in [5, 5.41) is 6.58. The van der Waals surface area contributed by atoms with Gasteiger partial charge >= 0.3 is 0 Å². The molecule has 0 radical (unpaired) electrons. The quantitative estimate of drug-likeness (QED) is 0.857. The minimum absolute atomic E-state index is 0.678. The van der Waals surface area contributed by atoms with E-state index < -0.39 is 0 Å². The number of guanidine groups is 1. The van der Waals surface area contributed by atoms with Crippen molar-refractivity contribution in [1.82, 2.24) is 5.32 Å². The molecule has 1 aliphatic heterocycles. The lowest BCUT2D eigenvalue weighted by molar-refractivity contribution is 0.134. The molecule has 0 aromatic heterocycles. The summed E-state index contributed by atoms with van der Waals surface area (Å²) in [4.78, 5) is 4.35. The number of aliphatic imine (C=N–C) groups is 1. The Balaban J connectivity index is 2.15. The fourth-order valence-corrected chi connectivity index (χ4v) is 2.15. The van der Waals surface area contributed by atoms with Crippen molar-refractivity contribution in [2.75, 3.05) is 25.0 Å². The molecule has 2 N–H and O–H groups in total. The third-order valence-electron chi connectivity index (χ3n) is 2.98. The van der Waals surface area contributed by atoms with Crippen LogP contribution in [0.15, 0.2) is 17.1 Å². The van der Waals surface area contributed by atoms with Gasteiger partial charge < -0.3 is 15.4 Å². The maximum atomic E-state index is 5.45. The van der Waals surface area contributed by atoms with Gasteiger partial charge in [-0.3, -0.25) is 4.99 Å². The molecule has 1 aliphatic rings. The fourth-order valence-electron chi connectivity index (χ4n) is 2.15. The van der Waals surface area contributed by atoms with Crippen LogP contribution in [0.5, 0.6) is 0 Å². The molecule has 1 aromatic carbocycles.